The lowest BCUT2D eigenvalue weighted by molar-refractivity contribution is -0.117. The number of carbonyl (C=O) groups excluding carboxylic acids is 1. The summed E-state index contributed by atoms with van der Waals surface area (Å²) in [6, 6.07) is 3.64. The highest BCUT2D eigenvalue weighted by molar-refractivity contribution is 6.62. The van der Waals surface area contributed by atoms with Gasteiger partial charge in [-0.2, -0.15) is 0 Å². The summed E-state index contributed by atoms with van der Waals surface area (Å²) in [5, 5.41) is 0. The van der Waals surface area contributed by atoms with Gasteiger partial charge >= 0.3 is 7.12 Å². The summed E-state index contributed by atoms with van der Waals surface area (Å²) in [4.78, 5) is 14.8. The highest BCUT2D eigenvalue weighted by Crippen LogP contribution is 2.36. The molecule has 2 N–H and O–H groups in total. The molecule has 1 aliphatic heterocycles. The van der Waals surface area contributed by atoms with Gasteiger partial charge in [-0.05, 0) is 39.7 Å². The fourth-order valence-electron chi connectivity index (χ4n) is 1.82. The molecule has 2 heterocycles. The maximum absolute atomic E-state index is 10.6. The van der Waals surface area contributed by atoms with Crippen molar-refractivity contribution in [3.05, 3.63) is 24.0 Å². The Labute approximate surface area is 125 Å². The SMILES string of the molecule is CC1(C)OB(c2ccc(C#CCC(N)=O)nc2)OC1(C)C. The molecule has 0 unspecified atom stereocenters. The molecule has 0 spiro atoms. The zero-order valence-corrected chi connectivity index (χ0v) is 12.8. The Balaban J connectivity index is 2.10. The molecule has 1 aliphatic rings. The number of nitrogens with zero attached hydrogens (tertiary/aromatic N) is 1. The third-order valence-electron chi connectivity index (χ3n) is 3.79. The van der Waals surface area contributed by atoms with E-state index in [2.05, 4.69) is 16.8 Å². The first kappa shape index (κ1) is 15.6. The first-order chi connectivity index (χ1) is 9.71. The van der Waals surface area contributed by atoms with E-state index in [-0.39, 0.29) is 17.6 Å². The molecular formula is C15H19BN2O3. The van der Waals surface area contributed by atoms with Crippen molar-refractivity contribution in [1.29, 1.82) is 0 Å². The van der Waals surface area contributed by atoms with E-state index in [1.807, 2.05) is 33.8 Å². The predicted octanol–water partition coefficient (Wildman–Crippen LogP) is 0.608. The van der Waals surface area contributed by atoms with Gasteiger partial charge in [0, 0.05) is 11.7 Å². The molecular weight excluding hydrogens is 267 g/mol. The molecule has 110 valence electrons. The van der Waals surface area contributed by atoms with Crippen molar-refractivity contribution in [3.63, 3.8) is 0 Å². The number of hydrogen-bond acceptors (Lipinski definition) is 4. The first-order valence-corrected chi connectivity index (χ1v) is 6.80. The Morgan fingerprint density at radius 3 is 2.38 bits per heavy atom. The minimum atomic E-state index is -0.448. The van der Waals surface area contributed by atoms with Crippen molar-refractivity contribution in [2.45, 2.75) is 45.3 Å². The van der Waals surface area contributed by atoms with Gasteiger partial charge in [0.1, 0.15) is 5.69 Å². The average molecular weight is 286 g/mol. The number of carbonyl (C=O) groups is 1. The van der Waals surface area contributed by atoms with Crippen LogP contribution in [0.2, 0.25) is 0 Å². The van der Waals surface area contributed by atoms with Crippen LogP contribution in [0.4, 0.5) is 0 Å². The lowest BCUT2D eigenvalue weighted by Crippen LogP contribution is -2.41. The standard InChI is InChI=1S/C15H19BN2O3/c1-14(2)15(3,4)21-16(20-14)11-8-9-12(18-10-11)6-5-7-13(17)19/h8-10H,7H2,1-4H3,(H2,17,19). The van der Waals surface area contributed by atoms with Crippen molar-refractivity contribution in [2.24, 2.45) is 5.73 Å². The summed E-state index contributed by atoms with van der Waals surface area (Å²) < 4.78 is 11.9. The van der Waals surface area contributed by atoms with Crippen LogP contribution in [0.3, 0.4) is 0 Å². The molecule has 2 rings (SSSR count). The van der Waals surface area contributed by atoms with E-state index < -0.39 is 13.0 Å². The zero-order chi connectivity index (χ0) is 15.7. The molecule has 0 atom stereocenters. The van der Waals surface area contributed by atoms with Crippen LogP contribution in [0, 0.1) is 11.8 Å². The quantitative estimate of drug-likeness (QED) is 0.638. The van der Waals surface area contributed by atoms with Gasteiger partial charge in [-0.25, -0.2) is 4.98 Å². The Morgan fingerprint density at radius 2 is 1.90 bits per heavy atom. The summed E-state index contributed by atoms with van der Waals surface area (Å²) >= 11 is 0. The maximum Gasteiger partial charge on any atom is 0.496 e. The predicted molar refractivity (Wildman–Crippen MR) is 80.6 cm³/mol. The van der Waals surface area contributed by atoms with Crippen LogP contribution >= 0.6 is 0 Å². The summed E-state index contributed by atoms with van der Waals surface area (Å²) in [5.74, 6) is 5.00. The summed E-state index contributed by atoms with van der Waals surface area (Å²) in [7, 11) is -0.435. The fraction of sp³-hybridized carbons (Fsp3) is 0.467. The molecule has 0 bridgehead atoms. The Kier molecular flexibility index (Phi) is 4.08. The van der Waals surface area contributed by atoms with E-state index in [4.69, 9.17) is 15.0 Å². The second-order valence-corrected chi connectivity index (χ2v) is 6.01. The Bertz CT molecular complexity index is 584. The molecule has 0 aromatic carbocycles. The largest absolute Gasteiger partial charge is 0.496 e. The topological polar surface area (TPSA) is 74.4 Å². The van der Waals surface area contributed by atoms with Gasteiger partial charge < -0.3 is 15.0 Å². The fourth-order valence-corrected chi connectivity index (χ4v) is 1.82. The molecule has 1 saturated heterocycles. The van der Waals surface area contributed by atoms with Crippen molar-refractivity contribution in [1.82, 2.24) is 4.98 Å². The van der Waals surface area contributed by atoms with Crippen LogP contribution in [0.25, 0.3) is 0 Å². The van der Waals surface area contributed by atoms with Gasteiger partial charge in [0.2, 0.25) is 5.91 Å². The molecule has 0 aliphatic carbocycles. The van der Waals surface area contributed by atoms with Crippen molar-refractivity contribution >= 4 is 18.5 Å². The van der Waals surface area contributed by atoms with Crippen LogP contribution in [0.1, 0.15) is 39.8 Å². The number of rotatable bonds is 2. The van der Waals surface area contributed by atoms with E-state index in [1.54, 1.807) is 12.3 Å². The van der Waals surface area contributed by atoms with Gasteiger partial charge in [0.05, 0.1) is 17.6 Å². The second-order valence-electron chi connectivity index (χ2n) is 6.01. The van der Waals surface area contributed by atoms with Crippen LogP contribution < -0.4 is 11.2 Å². The molecule has 5 nitrogen and oxygen atoms in total. The number of primary amides is 1. The second kappa shape index (κ2) is 5.51. The molecule has 0 radical (unpaired) electrons. The molecule has 0 saturated carbocycles. The van der Waals surface area contributed by atoms with Gasteiger partial charge in [-0.15, -0.1) is 0 Å². The van der Waals surface area contributed by atoms with E-state index in [1.165, 1.54) is 0 Å². The number of amides is 1. The minimum Gasteiger partial charge on any atom is -0.399 e. The number of aromatic nitrogens is 1. The summed E-state index contributed by atoms with van der Waals surface area (Å²) in [5.41, 5.74) is 5.69. The number of pyridine rings is 1. The van der Waals surface area contributed by atoms with Gasteiger partial charge in [-0.3, -0.25) is 4.79 Å². The van der Waals surface area contributed by atoms with E-state index in [0.717, 1.165) is 5.46 Å². The molecule has 1 aromatic rings. The number of hydrogen-bond donors (Lipinski definition) is 1. The lowest BCUT2D eigenvalue weighted by atomic mass is 9.80. The molecule has 1 amide bonds. The zero-order valence-electron chi connectivity index (χ0n) is 12.8. The van der Waals surface area contributed by atoms with Gasteiger partial charge in [0.25, 0.3) is 0 Å². The molecule has 1 aromatic heterocycles. The van der Waals surface area contributed by atoms with E-state index in [9.17, 15) is 4.79 Å². The smallest absolute Gasteiger partial charge is 0.399 e. The van der Waals surface area contributed by atoms with E-state index >= 15 is 0 Å². The molecule has 6 heteroatoms. The van der Waals surface area contributed by atoms with Crippen LogP contribution in [-0.2, 0) is 14.1 Å². The first-order valence-electron chi connectivity index (χ1n) is 6.80. The van der Waals surface area contributed by atoms with Crippen LogP contribution in [0.15, 0.2) is 18.3 Å². The summed E-state index contributed by atoms with van der Waals surface area (Å²) in [6.07, 6.45) is 1.71. The summed E-state index contributed by atoms with van der Waals surface area (Å²) in [6.45, 7) is 8.02. The van der Waals surface area contributed by atoms with Crippen molar-refractivity contribution in [3.8, 4) is 11.8 Å². The van der Waals surface area contributed by atoms with Crippen LogP contribution in [0.5, 0.6) is 0 Å². The molecule has 21 heavy (non-hydrogen) atoms. The van der Waals surface area contributed by atoms with Crippen molar-refractivity contribution in [2.75, 3.05) is 0 Å². The Morgan fingerprint density at radius 1 is 1.29 bits per heavy atom. The normalized spacial score (nSPS) is 19.0. The lowest BCUT2D eigenvalue weighted by Gasteiger charge is -2.32. The highest BCUT2D eigenvalue weighted by atomic mass is 16.7. The van der Waals surface area contributed by atoms with Gasteiger partial charge in [0.15, 0.2) is 0 Å². The third kappa shape index (κ3) is 3.44. The van der Waals surface area contributed by atoms with Gasteiger partial charge in [-0.1, -0.05) is 12.0 Å². The highest BCUT2D eigenvalue weighted by Gasteiger charge is 2.51. The third-order valence-corrected chi connectivity index (χ3v) is 3.79. The van der Waals surface area contributed by atoms with E-state index in [0.29, 0.717) is 5.69 Å². The van der Waals surface area contributed by atoms with Crippen molar-refractivity contribution < 1.29 is 14.1 Å². The minimum absolute atomic E-state index is 0.0284. The monoisotopic (exact) mass is 286 g/mol. The molecule has 1 fully saturated rings. The Hall–Kier alpha value is -1.84. The maximum atomic E-state index is 10.6. The number of nitrogens with two attached hydrogens (primary N) is 1. The average Bonchev–Trinajstić information content (AvgIpc) is 2.59. The van der Waals surface area contributed by atoms with Crippen LogP contribution in [-0.4, -0.2) is 29.2 Å².